The number of aliphatic hydroxyl groups is 1. The summed E-state index contributed by atoms with van der Waals surface area (Å²) in [5.74, 6) is -1.95. The van der Waals surface area contributed by atoms with Gasteiger partial charge in [-0.3, -0.25) is 9.69 Å². The number of hydrogen-bond acceptors (Lipinski definition) is 5. The number of benzene rings is 2. The van der Waals surface area contributed by atoms with Crippen molar-refractivity contribution in [3.05, 3.63) is 65.2 Å². The van der Waals surface area contributed by atoms with Crippen LogP contribution in [0, 0.1) is 23.0 Å². The van der Waals surface area contributed by atoms with E-state index in [9.17, 15) is 23.5 Å². The van der Waals surface area contributed by atoms with Gasteiger partial charge < -0.3 is 15.2 Å². The molecule has 30 heavy (non-hydrogen) atoms. The van der Waals surface area contributed by atoms with Gasteiger partial charge in [0.15, 0.2) is 0 Å². The van der Waals surface area contributed by atoms with Crippen LogP contribution in [-0.4, -0.2) is 41.2 Å². The third-order valence-corrected chi connectivity index (χ3v) is 4.78. The van der Waals surface area contributed by atoms with Crippen molar-refractivity contribution in [1.29, 1.82) is 5.26 Å². The third-order valence-electron chi connectivity index (χ3n) is 4.78. The summed E-state index contributed by atoms with van der Waals surface area (Å²) in [6.45, 7) is 0.681. The Balaban J connectivity index is 1.65. The topological polar surface area (TPSA) is 103 Å². The van der Waals surface area contributed by atoms with Crippen molar-refractivity contribution in [2.75, 3.05) is 13.2 Å². The van der Waals surface area contributed by atoms with Gasteiger partial charge in [-0.25, -0.2) is 13.6 Å². The first-order chi connectivity index (χ1) is 14.2. The van der Waals surface area contributed by atoms with Crippen molar-refractivity contribution in [2.45, 2.75) is 25.0 Å². The van der Waals surface area contributed by atoms with E-state index in [1.165, 1.54) is 6.92 Å². The van der Waals surface area contributed by atoms with Crippen LogP contribution < -0.4 is 10.1 Å². The molecule has 9 heteroatoms. The van der Waals surface area contributed by atoms with Crippen LogP contribution in [0.15, 0.2) is 42.5 Å². The highest BCUT2D eigenvalue weighted by Gasteiger charge is 2.50. The molecule has 0 aromatic heterocycles. The maximum Gasteiger partial charge on any atom is 0.325 e. The molecule has 0 radical (unpaired) electrons. The summed E-state index contributed by atoms with van der Waals surface area (Å²) in [5, 5.41) is 21.2. The molecule has 0 bridgehead atoms. The van der Waals surface area contributed by atoms with Gasteiger partial charge in [0.1, 0.15) is 35.6 Å². The minimum absolute atomic E-state index is 0.209. The van der Waals surface area contributed by atoms with Crippen molar-refractivity contribution in [1.82, 2.24) is 10.2 Å². The second-order valence-corrected chi connectivity index (χ2v) is 7.04. The van der Waals surface area contributed by atoms with Gasteiger partial charge in [0.05, 0.1) is 19.0 Å². The Bertz CT molecular complexity index is 1010. The van der Waals surface area contributed by atoms with Gasteiger partial charge in [0.2, 0.25) is 0 Å². The number of nitriles is 1. The highest BCUT2D eigenvalue weighted by molar-refractivity contribution is 6.07. The number of amides is 3. The SMILES string of the molecule is C[C@]1(c2cc(F)ccc2F)NC(=O)N(C[C@H](O)COc2ccc(CC#N)cc2)C1=O. The summed E-state index contributed by atoms with van der Waals surface area (Å²) in [6, 6.07) is 10.5. The average Bonchev–Trinajstić information content (AvgIpc) is 2.93. The van der Waals surface area contributed by atoms with Crippen molar-refractivity contribution in [3.63, 3.8) is 0 Å². The van der Waals surface area contributed by atoms with Gasteiger partial charge in [0.25, 0.3) is 5.91 Å². The number of halogens is 2. The molecule has 2 aromatic carbocycles. The van der Waals surface area contributed by atoms with Crippen LogP contribution in [0.2, 0.25) is 0 Å². The molecule has 7 nitrogen and oxygen atoms in total. The van der Waals surface area contributed by atoms with Crippen LogP contribution in [0.5, 0.6) is 5.75 Å². The molecule has 1 aliphatic rings. The molecule has 1 saturated heterocycles. The fraction of sp³-hybridized carbons (Fsp3) is 0.286. The van der Waals surface area contributed by atoms with Crippen molar-refractivity contribution < 1.29 is 28.2 Å². The average molecular weight is 415 g/mol. The molecule has 0 saturated carbocycles. The van der Waals surface area contributed by atoms with E-state index in [-0.39, 0.29) is 25.1 Å². The smallest absolute Gasteiger partial charge is 0.325 e. The largest absolute Gasteiger partial charge is 0.491 e. The van der Waals surface area contributed by atoms with E-state index in [0.717, 1.165) is 28.7 Å². The Labute approximate surface area is 171 Å². The predicted octanol–water partition coefficient (Wildman–Crippen LogP) is 2.24. The molecule has 2 aromatic rings. The van der Waals surface area contributed by atoms with Crippen molar-refractivity contribution in [3.8, 4) is 11.8 Å². The number of carbonyl (C=O) groups is 2. The first kappa shape index (κ1) is 21.2. The maximum absolute atomic E-state index is 14.2. The highest BCUT2D eigenvalue weighted by atomic mass is 19.1. The van der Waals surface area contributed by atoms with E-state index in [4.69, 9.17) is 10.00 Å². The lowest BCUT2D eigenvalue weighted by molar-refractivity contribution is -0.132. The molecule has 0 aliphatic carbocycles. The lowest BCUT2D eigenvalue weighted by Gasteiger charge is -2.23. The summed E-state index contributed by atoms with van der Waals surface area (Å²) in [7, 11) is 0. The van der Waals surface area contributed by atoms with Crippen molar-refractivity contribution in [2.24, 2.45) is 0 Å². The molecule has 0 spiro atoms. The molecule has 0 unspecified atom stereocenters. The summed E-state index contributed by atoms with van der Waals surface area (Å²) >= 11 is 0. The van der Waals surface area contributed by atoms with Crippen molar-refractivity contribution >= 4 is 11.9 Å². The molecule has 3 rings (SSSR count). The first-order valence-electron chi connectivity index (χ1n) is 9.11. The molecule has 3 amide bonds. The quantitative estimate of drug-likeness (QED) is 0.676. The second-order valence-electron chi connectivity index (χ2n) is 7.04. The molecule has 1 heterocycles. The fourth-order valence-electron chi connectivity index (χ4n) is 3.18. The van der Waals surface area contributed by atoms with Crippen LogP contribution in [0.25, 0.3) is 0 Å². The number of hydrogen-bond donors (Lipinski definition) is 2. The van der Waals surface area contributed by atoms with Gasteiger partial charge in [-0.05, 0) is 42.8 Å². The number of β-amino-alcohol motifs (C(OH)–C–C–N with tert-alkyl or cyclic N) is 1. The monoisotopic (exact) mass is 415 g/mol. The lowest BCUT2D eigenvalue weighted by atomic mass is 9.91. The number of nitrogens with zero attached hydrogens (tertiary/aromatic N) is 2. The molecular formula is C21H19F2N3O4. The minimum atomic E-state index is -1.79. The molecule has 2 N–H and O–H groups in total. The normalized spacial score (nSPS) is 19.4. The number of imide groups is 1. The third kappa shape index (κ3) is 4.23. The van der Waals surface area contributed by atoms with E-state index < -0.39 is 35.2 Å². The Morgan fingerprint density at radius 3 is 2.60 bits per heavy atom. The predicted molar refractivity (Wildman–Crippen MR) is 101 cm³/mol. The molecule has 1 aliphatic heterocycles. The summed E-state index contributed by atoms with van der Waals surface area (Å²) < 4.78 is 33.2. The number of carbonyl (C=O) groups excluding carboxylic acids is 2. The molecule has 1 fully saturated rings. The minimum Gasteiger partial charge on any atom is -0.491 e. The van der Waals surface area contributed by atoms with Crippen LogP contribution in [0.4, 0.5) is 13.6 Å². The summed E-state index contributed by atoms with van der Waals surface area (Å²) in [4.78, 5) is 25.8. The molecule has 2 atom stereocenters. The Kier molecular flexibility index (Phi) is 5.99. The Morgan fingerprint density at radius 2 is 1.93 bits per heavy atom. The van der Waals surface area contributed by atoms with E-state index in [1.807, 2.05) is 6.07 Å². The number of nitrogens with one attached hydrogen (secondary N) is 1. The van der Waals surface area contributed by atoms with Crippen LogP contribution in [-0.2, 0) is 16.8 Å². The fourth-order valence-corrected chi connectivity index (χ4v) is 3.18. The number of aliphatic hydroxyl groups excluding tert-OH is 1. The van der Waals surface area contributed by atoms with Crippen LogP contribution in [0.1, 0.15) is 18.1 Å². The zero-order valence-electron chi connectivity index (χ0n) is 16.1. The zero-order valence-corrected chi connectivity index (χ0v) is 16.1. The zero-order chi connectivity index (χ0) is 21.9. The van der Waals surface area contributed by atoms with Gasteiger partial charge >= 0.3 is 6.03 Å². The second kappa shape index (κ2) is 8.47. The Hall–Kier alpha value is -3.51. The van der Waals surface area contributed by atoms with Gasteiger partial charge in [-0.1, -0.05) is 12.1 Å². The van der Waals surface area contributed by atoms with Crippen LogP contribution >= 0.6 is 0 Å². The van der Waals surface area contributed by atoms with Gasteiger partial charge in [-0.15, -0.1) is 0 Å². The number of ether oxygens (including phenoxy) is 1. The van der Waals surface area contributed by atoms with E-state index in [2.05, 4.69) is 5.32 Å². The number of rotatable bonds is 7. The Morgan fingerprint density at radius 1 is 1.23 bits per heavy atom. The molecule has 156 valence electrons. The van der Waals surface area contributed by atoms with E-state index in [1.54, 1.807) is 24.3 Å². The maximum atomic E-state index is 14.2. The first-order valence-corrected chi connectivity index (χ1v) is 9.11. The molecular weight excluding hydrogens is 396 g/mol. The summed E-state index contributed by atoms with van der Waals surface area (Å²) in [6.07, 6.45) is -0.946. The number of urea groups is 1. The standard InChI is InChI=1S/C21H19F2N3O4/c1-21(17-10-14(22)4-7-18(17)23)19(28)26(20(29)25-21)11-15(27)12-30-16-5-2-13(3-6-16)8-9-24/h2-7,10,15,27H,8,11-12H2,1H3,(H,25,29)/t15-,21+/m0/s1. The van der Waals surface area contributed by atoms with Crippen LogP contribution in [0.3, 0.4) is 0 Å². The van der Waals surface area contributed by atoms with Gasteiger partial charge in [-0.2, -0.15) is 5.26 Å². The van der Waals surface area contributed by atoms with E-state index in [0.29, 0.717) is 5.75 Å². The highest BCUT2D eigenvalue weighted by Crippen LogP contribution is 2.31. The van der Waals surface area contributed by atoms with Gasteiger partial charge in [0, 0.05) is 5.56 Å². The summed E-state index contributed by atoms with van der Waals surface area (Å²) in [5.41, 5.74) is -1.28. The van der Waals surface area contributed by atoms with E-state index >= 15 is 0 Å². The lowest BCUT2D eigenvalue weighted by Crippen LogP contribution is -2.43.